The Hall–Kier alpha value is -14.8. The molecule has 0 bridgehead atoms. The zero-order valence-electron chi connectivity index (χ0n) is 76.8. The van der Waals surface area contributed by atoms with Crippen LogP contribution in [0.25, 0.3) is 65.9 Å². The quantitative estimate of drug-likeness (QED) is 0.00426. The average Bonchev–Trinajstić information content (AvgIpc) is 0.748. The zero-order chi connectivity index (χ0) is 98.5. The van der Waals surface area contributed by atoms with E-state index in [1.165, 1.54) is 12.4 Å². The number of nitrogens with two attached hydrogens (primary N) is 2. The highest BCUT2D eigenvalue weighted by molar-refractivity contribution is 7.85. The van der Waals surface area contributed by atoms with E-state index in [1.54, 1.807) is 137 Å². The maximum atomic E-state index is 14.0. The van der Waals surface area contributed by atoms with E-state index in [1.807, 2.05) is 69.8 Å². The van der Waals surface area contributed by atoms with E-state index < -0.39 is 54.8 Å². The molecule has 39 nitrogen and oxygen atoms in total. The number of fused-ring (bicyclic) bond motifs is 6. The number of aromatic nitrogens is 10. The molecule has 14 aromatic rings. The van der Waals surface area contributed by atoms with Gasteiger partial charge in [0.15, 0.2) is 35.4 Å². The molecule has 41 heteroatoms. The number of nitrogen functional groups attached to an aromatic ring is 2. The number of anilines is 4. The zero-order valence-corrected chi connectivity index (χ0v) is 78.5. The highest BCUT2D eigenvalue weighted by Crippen LogP contribution is 2.34. The van der Waals surface area contributed by atoms with Gasteiger partial charge in [-0.2, -0.15) is 19.1 Å². The number of aryl methyl sites for hydroxylation is 6. The molecule has 726 valence electrons. The van der Waals surface area contributed by atoms with Crippen molar-refractivity contribution in [3.8, 4) is 11.5 Å². The summed E-state index contributed by atoms with van der Waals surface area (Å²) in [6.45, 7) is 13.3. The van der Waals surface area contributed by atoms with Crippen LogP contribution in [-0.2, 0) is 70.1 Å². The van der Waals surface area contributed by atoms with Crippen LogP contribution in [0.5, 0.6) is 11.5 Å². The number of para-hydroxylation sites is 4. The molecule has 6 aromatic heterocycles. The lowest BCUT2D eigenvalue weighted by Crippen LogP contribution is -2.37. The van der Waals surface area contributed by atoms with Crippen LogP contribution in [0.15, 0.2) is 192 Å². The topological polar surface area (TPSA) is 556 Å². The molecule has 0 fully saturated rings. The molecule has 0 radical (unpaired) electrons. The Balaban J connectivity index is 0.000000237. The summed E-state index contributed by atoms with van der Waals surface area (Å²) >= 11 is 0. The molecule has 0 aliphatic rings. The van der Waals surface area contributed by atoms with Gasteiger partial charge >= 0.3 is 11.9 Å². The minimum absolute atomic E-state index is 0.0281. The number of unbranched alkanes of at least 4 members (excludes halogenated alkanes) is 3. The smallest absolute Gasteiger partial charge is 0.345 e. The molecule has 0 spiro atoms. The standard InChI is InChI=1S/C52H59N9O13S.C46H47N9O8S/c1-34-30-37(31-35(2)46(34)74-51(65)44-40-8-3-5-10-42(40)61(18-7-29-75(66,67)68)43-11-6-4-9-41(43)44)49(63)55-17-20-70-22-24-72-26-28-73-27-25-71-23-21-69-19-16-54-48(62)36-12-14-38(15-13-36)56-32-39-33-57-47-45(58-39)50(64)60-52(53)59-47;1-28-24-31(25-29(2)40(28)63-45(59)38-34-12-5-7-14-36(34)55(22-11-23-64(60,61)62)37-15-8-6-13-35(37)38)43(57)49-21-10-4-3-9-20-48-42(56)30-16-18-32(19-17-30)50-26-33-27-51-41-39(52-33)44(58)54-46(47)53-41/h3-6,8-15,30-31,33H,7,16-29,32H2,1-2H3,(H6-,53,54,55,56,57,59,60,62,63,64,66,67,68);5-8,12-19,24-25,27H,3-4,9-11,20-23,26H2,1-2H3,(H6-,47,48,49,50,51,53,54,56,57,58,60,61,62). The maximum absolute atomic E-state index is 14.0. The first-order chi connectivity index (χ1) is 67.0. The molecule has 12 N–H and O–H groups in total. The first-order valence-corrected chi connectivity index (χ1v) is 48.1. The van der Waals surface area contributed by atoms with Gasteiger partial charge in [0.2, 0.25) is 34.0 Å². The van der Waals surface area contributed by atoms with Crippen molar-refractivity contribution in [3.63, 3.8) is 0 Å². The number of pyridine rings is 2. The van der Waals surface area contributed by atoms with Crippen LogP contribution in [0.4, 0.5) is 23.3 Å². The van der Waals surface area contributed by atoms with Gasteiger partial charge in [0.05, 0.1) is 156 Å². The Morgan fingerprint density at radius 2 is 0.683 bits per heavy atom. The minimum Gasteiger partial charge on any atom is -0.748 e. The number of amides is 4. The molecule has 4 amide bonds. The number of carbonyl (C=O) groups excluding carboxylic acids is 6. The van der Waals surface area contributed by atoms with Crippen molar-refractivity contribution in [2.24, 2.45) is 0 Å². The third-order valence-corrected chi connectivity index (χ3v) is 23.7. The molecule has 14 rings (SSSR count). The fourth-order valence-electron chi connectivity index (χ4n) is 15.6. The molecule has 0 aliphatic heterocycles. The number of H-pyrrole nitrogens is 2. The number of benzene rings is 8. The normalized spacial score (nSPS) is 11.5. The van der Waals surface area contributed by atoms with Gasteiger partial charge in [-0.15, -0.1) is 0 Å². The van der Waals surface area contributed by atoms with Crippen molar-refractivity contribution in [3.05, 3.63) is 270 Å². The molecule has 0 aliphatic carbocycles. The SMILES string of the molecule is Cc1cc(C(=O)NCCCCCCNC(=O)c2ccc(NCc3cnc4nc(N)[nH]c(=O)c4n3)cc2)cc(C)c1OC(=O)c1c2ccccc2[n+](CCCS(=O)(=O)[O-])c2ccccc12.Cc1cc(C(=O)NCCOCCOCCOCCOCCOCCNC(=O)c2ccc(NCc3cnc4nc(N)[nH]c(=O)c4n3)cc2)cc(C)c1OC(=O)c1c2ccccc2[n+](CCCS(=O)(=O)[O-])c2ccccc12. The fourth-order valence-corrected chi connectivity index (χ4v) is 16.5. The van der Waals surface area contributed by atoms with E-state index in [0.717, 1.165) is 37.1 Å². The number of nitrogens with one attached hydrogen (secondary N) is 8. The number of carbonyl (C=O) groups is 6. The van der Waals surface area contributed by atoms with Gasteiger partial charge in [0, 0.05) is 108 Å². The van der Waals surface area contributed by atoms with Crippen molar-refractivity contribution < 1.29 is 97.0 Å². The molecular formula is C98H106N18O21S2. The van der Waals surface area contributed by atoms with Crippen molar-refractivity contribution >= 4 is 145 Å². The van der Waals surface area contributed by atoms with Gasteiger partial charge in [0.1, 0.15) is 11.5 Å². The van der Waals surface area contributed by atoms with Gasteiger partial charge in [-0.3, -0.25) is 38.7 Å². The average molecular weight is 1940 g/mol. The van der Waals surface area contributed by atoms with Crippen LogP contribution in [0.3, 0.4) is 0 Å². The lowest BCUT2D eigenvalue weighted by atomic mass is 10.0. The van der Waals surface area contributed by atoms with Crippen LogP contribution in [-0.4, -0.2) is 205 Å². The maximum Gasteiger partial charge on any atom is 0.345 e. The van der Waals surface area contributed by atoms with E-state index in [2.05, 4.69) is 71.8 Å². The predicted molar refractivity (Wildman–Crippen MR) is 518 cm³/mol. The van der Waals surface area contributed by atoms with Crippen LogP contribution in [0, 0.1) is 27.7 Å². The summed E-state index contributed by atoms with van der Waals surface area (Å²) in [6.07, 6.45) is 6.50. The number of aromatic amines is 2. The lowest BCUT2D eigenvalue weighted by molar-refractivity contribution is -0.645. The third-order valence-electron chi connectivity index (χ3n) is 22.1. The Morgan fingerprint density at radius 3 is 1.01 bits per heavy atom. The van der Waals surface area contributed by atoms with Crippen molar-refractivity contribution in [1.82, 2.24) is 61.1 Å². The van der Waals surface area contributed by atoms with Crippen molar-refractivity contribution in [2.45, 2.75) is 92.4 Å². The Morgan fingerprint density at radius 1 is 0.381 bits per heavy atom. The Bertz CT molecular complexity index is 7040. The fraction of sp³-hybridized carbons (Fsp3) is 0.306. The third kappa shape index (κ3) is 28.4. The lowest BCUT2D eigenvalue weighted by Gasteiger charge is -2.15. The van der Waals surface area contributed by atoms with Gasteiger partial charge in [-0.25, -0.2) is 46.4 Å². The number of nitrogens with zero attached hydrogens (tertiary/aromatic N) is 8. The van der Waals surface area contributed by atoms with E-state index in [9.17, 15) is 64.3 Å². The second-order valence-electron chi connectivity index (χ2n) is 32.3. The van der Waals surface area contributed by atoms with Crippen LogP contribution < -0.4 is 73.1 Å². The summed E-state index contributed by atoms with van der Waals surface area (Å²) in [7, 11) is -8.78. The number of rotatable bonds is 47. The van der Waals surface area contributed by atoms with Gasteiger partial charge in [-0.1, -0.05) is 61.4 Å². The second-order valence-corrected chi connectivity index (χ2v) is 35.4. The van der Waals surface area contributed by atoms with E-state index in [4.69, 9.17) is 44.6 Å². The van der Waals surface area contributed by atoms with E-state index in [0.29, 0.717) is 214 Å². The number of hydrogen-bond acceptors (Lipinski definition) is 31. The summed E-state index contributed by atoms with van der Waals surface area (Å²) in [5, 5.41) is 20.4. The molecule has 6 heterocycles. The predicted octanol–water partition coefficient (Wildman–Crippen LogP) is 8.51. The summed E-state index contributed by atoms with van der Waals surface area (Å²) in [6, 6.07) is 49.7. The van der Waals surface area contributed by atoms with Crippen molar-refractivity contribution in [2.75, 3.05) is 126 Å². The monoisotopic (exact) mass is 1930 g/mol. The minimum atomic E-state index is -4.39. The summed E-state index contributed by atoms with van der Waals surface area (Å²) in [4.78, 5) is 133. The van der Waals surface area contributed by atoms with Crippen LogP contribution >= 0.6 is 0 Å². The van der Waals surface area contributed by atoms with Crippen LogP contribution in [0.2, 0.25) is 0 Å². The number of esters is 2. The molecule has 0 atom stereocenters. The molecule has 0 saturated heterocycles. The second kappa shape index (κ2) is 48.8. The van der Waals surface area contributed by atoms with Gasteiger partial charge < -0.3 is 85.6 Å². The molecular weight excluding hydrogens is 1830 g/mol. The van der Waals surface area contributed by atoms with Crippen molar-refractivity contribution in [1.29, 1.82) is 0 Å². The number of hydrogen-bond donors (Lipinski definition) is 10. The van der Waals surface area contributed by atoms with E-state index in [-0.39, 0.29) is 96.9 Å². The van der Waals surface area contributed by atoms with Gasteiger partial charge in [0.25, 0.3) is 34.7 Å². The largest absolute Gasteiger partial charge is 0.748 e. The Kier molecular flexibility index (Phi) is 35.6. The highest BCUT2D eigenvalue weighted by Gasteiger charge is 2.30. The molecule has 139 heavy (non-hydrogen) atoms. The Labute approximate surface area is 798 Å². The highest BCUT2D eigenvalue weighted by atomic mass is 32.2. The summed E-state index contributed by atoms with van der Waals surface area (Å²) < 4.78 is 112. The van der Waals surface area contributed by atoms with Gasteiger partial charge in [-0.05, 0) is 160 Å². The van der Waals surface area contributed by atoms with E-state index >= 15 is 0 Å². The van der Waals surface area contributed by atoms with Crippen LogP contribution in [0.1, 0.15) is 134 Å². The molecule has 8 aromatic carbocycles. The summed E-state index contributed by atoms with van der Waals surface area (Å²) in [5.41, 5.74) is 21.0. The summed E-state index contributed by atoms with van der Waals surface area (Å²) in [5.74, 6) is -2.52. The molecule has 0 unspecified atom stereocenters. The molecule has 0 saturated carbocycles. The number of ether oxygens (including phenoxy) is 7. The first-order valence-electron chi connectivity index (χ1n) is 44.9. The first kappa shape index (κ1) is 102.